The Morgan fingerprint density at radius 2 is 2.14 bits per heavy atom. The lowest BCUT2D eigenvalue weighted by Gasteiger charge is -2.32. The van der Waals surface area contributed by atoms with Crippen LogP contribution in [0.1, 0.15) is 38.5 Å². The Kier molecular flexibility index (Phi) is 5.01. The van der Waals surface area contributed by atoms with Crippen LogP contribution in [0.4, 0.5) is 4.79 Å². The van der Waals surface area contributed by atoms with Crippen LogP contribution in [0.3, 0.4) is 0 Å². The third-order valence-electron chi connectivity index (χ3n) is 5.18. The Bertz CT molecular complexity index is 355. The molecular weight excluding hydrogens is 268 g/mol. The molecular formula is C16H28N2O3. The lowest BCUT2D eigenvalue weighted by molar-refractivity contribution is -0.0495. The second kappa shape index (κ2) is 6.97. The zero-order chi connectivity index (χ0) is 14.7. The van der Waals surface area contributed by atoms with Gasteiger partial charge in [0.25, 0.3) is 0 Å². The number of nitrogens with zero attached hydrogens (tertiary/aromatic N) is 1. The van der Waals surface area contributed by atoms with E-state index < -0.39 is 0 Å². The highest BCUT2D eigenvalue weighted by Gasteiger charge is 2.44. The van der Waals surface area contributed by atoms with Crippen LogP contribution >= 0.6 is 0 Å². The maximum absolute atomic E-state index is 12.3. The van der Waals surface area contributed by atoms with Crippen molar-refractivity contribution in [2.45, 2.75) is 50.7 Å². The first-order valence-corrected chi connectivity index (χ1v) is 8.44. The first-order chi connectivity index (χ1) is 10.3. The van der Waals surface area contributed by atoms with E-state index >= 15 is 0 Å². The van der Waals surface area contributed by atoms with Crippen molar-refractivity contribution in [2.24, 2.45) is 11.8 Å². The summed E-state index contributed by atoms with van der Waals surface area (Å²) in [5.41, 5.74) is 0. The van der Waals surface area contributed by atoms with Crippen molar-refractivity contribution < 1.29 is 14.3 Å². The van der Waals surface area contributed by atoms with Gasteiger partial charge >= 0.3 is 6.03 Å². The van der Waals surface area contributed by atoms with E-state index in [9.17, 15) is 4.79 Å². The molecule has 5 nitrogen and oxygen atoms in total. The summed E-state index contributed by atoms with van der Waals surface area (Å²) in [6.07, 6.45) is 8.09. The Hall–Kier alpha value is -0.810. The second-order valence-corrected chi connectivity index (χ2v) is 6.75. The maximum Gasteiger partial charge on any atom is 0.317 e. The van der Waals surface area contributed by atoms with E-state index in [0.29, 0.717) is 32.3 Å². The molecule has 0 unspecified atom stereocenters. The Labute approximate surface area is 127 Å². The van der Waals surface area contributed by atoms with Gasteiger partial charge in [-0.2, -0.15) is 0 Å². The van der Waals surface area contributed by atoms with Gasteiger partial charge in [0.2, 0.25) is 0 Å². The SMILES string of the molecule is COC[C@@H]1CN(C(=O)N[C@@H]2C[C@H]2C2CCCCC2)CCO1. The lowest BCUT2D eigenvalue weighted by atomic mass is 9.85. The second-order valence-electron chi connectivity index (χ2n) is 6.75. The zero-order valence-electron chi connectivity index (χ0n) is 13.1. The normalized spacial score (nSPS) is 33.8. The number of hydrogen-bond acceptors (Lipinski definition) is 3. The Balaban J connectivity index is 1.42. The van der Waals surface area contributed by atoms with Crippen molar-refractivity contribution in [1.82, 2.24) is 10.2 Å². The number of amides is 2. The quantitative estimate of drug-likeness (QED) is 0.863. The average Bonchev–Trinajstić information content (AvgIpc) is 3.28. The first-order valence-electron chi connectivity index (χ1n) is 8.44. The molecule has 0 aromatic carbocycles. The summed E-state index contributed by atoms with van der Waals surface area (Å²) in [5.74, 6) is 1.60. The molecule has 120 valence electrons. The summed E-state index contributed by atoms with van der Waals surface area (Å²) in [5, 5.41) is 3.22. The molecule has 0 bridgehead atoms. The summed E-state index contributed by atoms with van der Waals surface area (Å²) in [7, 11) is 1.67. The molecule has 3 rings (SSSR count). The average molecular weight is 296 g/mol. The summed E-state index contributed by atoms with van der Waals surface area (Å²) in [6.45, 7) is 2.49. The Morgan fingerprint density at radius 3 is 2.90 bits per heavy atom. The number of rotatable bonds is 4. The summed E-state index contributed by atoms with van der Waals surface area (Å²) in [4.78, 5) is 14.2. The lowest BCUT2D eigenvalue weighted by Crippen LogP contribution is -2.51. The standard InChI is InChI=1S/C16H28N2O3/c1-20-11-13-10-18(7-8-21-13)16(19)17-15-9-14(15)12-5-3-2-4-6-12/h12-15H,2-11H2,1H3,(H,17,19)/t13-,14-,15+/m0/s1. The molecule has 21 heavy (non-hydrogen) atoms. The van der Waals surface area contributed by atoms with E-state index in [1.54, 1.807) is 7.11 Å². The molecule has 1 saturated heterocycles. The van der Waals surface area contributed by atoms with Gasteiger partial charge in [0.15, 0.2) is 0 Å². The molecule has 1 heterocycles. The highest BCUT2D eigenvalue weighted by molar-refractivity contribution is 5.75. The molecule has 3 aliphatic rings. The number of hydrogen-bond donors (Lipinski definition) is 1. The van der Waals surface area contributed by atoms with Crippen LogP contribution in [0.25, 0.3) is 0 Å². The third-order valence-corrected chi connectivity index (χ3v) is 5.18. The van der Waals surface area contributed by atoms with Crippen molar-refractivity contribution in [3.63, 3.8) is 0 Å². The molecule has 5 heteroatoms. The molecule has 0 aromatic rings. The van der Waals surface area contributed by atoms with Gasteiger partial charge in [0.1, 0.15) is 0 Å². The number of urea groups is 1. The van der Waals surface area contributed by atoms with Crippen LogP contribution in [0, 0.1) is 11.8 Å². The minimum atomic E-state index is 0.0165. The molecule has 0 spiro atoms. The zero-order valence-corrected chi connectivity index (χ0v) is 13.1. The van der Waals surface area contributed by atoms with E-state index in [1.807, 2.05) is 4.90 Å². The van der Waals surface area contributed by atoms with E-state index in [-0.39, 0.29) is 12.1 Å². The van der Waals surface area contributed by atoms with Gasteiger partial charge in [-0.15, -0.1) is 0 Å². The van der Waals surface area contributed by atoms with E-state index in [2.05, 4.69) is 5.32 Å². The van der Waals surface area contributed by atoms with Gasteiger partial charge in [-0.1, -0.05) is 32.1 Å². The van der Waals surface area contributed by atoms with Crippen LogP contribution in [0.15, 0.2) is 0 Å². The number of morpholine rings is 1. The Morgan fingerprint density at radius 1 is 1.33 bits per heavy atom. The van der Waals surface area contributed by atoms with Crippen molar-refractivity contribution >= 4 is 6.03 Å². The van der Waals surface area contributed by atoms with Gasteiger partial charge in [-0.05, 0) is 18.3 Å². The molecule has 3 fully saturated rings. The molecule has 2 amide bonds. The fourth-order valence-corrected chi connectivity index (χ4v) is 3.90. The van der Waals surface area contributed by atoms with Crippen molar-refractivity contribution in [1.29, 1.82) is 0 Å². The summed E-state index contributed by atoms with van der Waals surface area (Å²) < 4.78 is 10.7. The number of carbonyl (C=O) groups is 1. The summed E-state index contributed by atoms with van der Waals surface area (Å²) in [6, 6.07) is 0.507. The number of ether oxygens (including phenoxy) is 2. The van der Waals surface area contributed by atoms with Crippen LogP contribution in [-0.2, 0) is 9.47 Å². The molecule has 1 aliphatic heterocycles. The van der Waals surface area contributed by atoms with Gasteiger partial charge in [-0.3, -0.25) is 0 Å². The van der Waals surface area contributed by atoms with Crippen LogP contribution in [0.5, 0.6) is 0 Å². The van der Waals surface area contributed by atoms with E-state index in [4.69, 9.17) is 9.47 Å². The highest BCUT2D eigenvalue weighted by atomic mass is 16.5. The minimum Gasteiger partial charge on any atom is -0.382 e. The fraction of sp³-hybridized carbons (Fsp3) is 0.938. The van der Waals surface area contributed by atoms with Gasteiger partial charge in [-0.25, -0.2) is 4.79 Å². The summed E-state index contributed by atoms with van der Waals surface area (Å²) >= 11 is 0. The van der Waals surface area contributed by atoms with Gasteiger partial charge in [0, 0.05) is 19.7 Å². The molecule has 0 aromatic heterocycles. The van der Waals surface area contributed by atoms with Crippen LogP contribution in [-0.4, -0.2) is 56.5 Å². The van der Waals surface area contributed by atoms with Gasteiger partial charge < -0.3 is 19.7 Å². The topological polar surface area (TPSA) is 50.8 Å². The van der Waals surface area contributed by atoms with Crippen molar-refractivity contribution in [2.75, 3.05) is 33.4 Å². The number of nitrogens with one attached hydrogen (secondary N) is 1. The molecule has 0 radical (unpaired) electrons. The van der Waals surface area contributed by atoms with Crippen LogP contribution < -0.4 is 5.32 Å². The highest BCUT2D eigenvalue weighted by Crippen LogP contribution is 2.44. The van der Waals surface area contributed by atoms with Gasteiger partial charge in [0.05, 0.1) is 25.9 Å². The molecule has 1 N–H and O–H groups in total. The third kappa shape index (κ3) is 3.89. The smallest absolute Gasteiger partial charge is 0.317 e. The largest absolute Gasteiger partial charge is 0.382 e. The van der Waals surface area contributed by atoms with E-state index in [0.717, 1.165) is 11.8 Å². The van der Waals surface area contributed by atoms with Crippen molar-refractivity contribution in [3.8, 4) is 0 Å². The van der Waals surface area contributed by atoms with E-state index in [1.165, 1.54) is 38.5 Å². The maximum atomic E-state index is 12.3. The minimum absolute atomic E-state index is 0.0165. The molecule has 2 aliphatic carbocycles. The number of methoxy groups -OCH3 is 1. The predicted octanol–water partition coefficient (Wildman–Crippen LogP) is 2.01. The molecule has 3 atom stereocenters. The van der Waals surface area contributed by atoms with Crippen LogP contribution in [0.2, 0.25) is 0 Å². The van der Waals surface area contributed by atoms with Crippen molar-refractivity contribution in [3.05, 3.63) is 0 Å². The monoisotopic (exact) mass is 296 g/mol. The number of carbonyl (C=O) groups excluding carboxylic acids is 1. The molecule has 2 saturated carbocycles. The fourth-order valence-electron chi connectivity index (χ4n) is 3.90. The predicted molar refractivity (Wildman–Crippen MR) is 80.2 cm³/mol. The first kappa shape index (κ1) is 15.1.